The largest absolute Gasteiger partial charge is 0.340 e. The molecule has 19 heavy (non-hydrogen) atoms. The molecule has 0 bridgehead atoms. The van der Waals surface area contributed by atoms with E-state index in [1.807, 2.05) is 48.6 Å². The van der Waals surface area contributed by atoms with E-state index in [2.05, 4.69) is 9.97 Å². The molecule has 0 aliphatic rings. The number of aromatic nitrogens is 2. The van der Waals surface area contributed by atoms with Gasteiger partial charge in [-0.3, -0.25) is 0 Å². The lowest BCUT2D eigenvalue weighted by atomic mass is 10.2. The van der Waals surface area contributed by atoms with Gasteiger partial charge in [0.1, 0.15) is 0 Å². The number of nitrogens with zero attached hydrogens (tertiary/aromatic N) is 3. The van der Waals surface area contributed by atoms with Crippen molar-refractivity contribution in [3.8, 4) is 0 Å². The van der Waals surface area contributed by atoms with E-state index in [0.717, 1.165) is 22.6 Å². The lowest BCUT2D eigenvalue weighted by molar-refractivity contribution is 0.854. The molecule has 5 heteroatoms. The Bertz CT molecular complexity index is 527. The predicted octanol–water partition coefficient (Wildman–Crippen LogP) is 2.27. The van der Waals surface area contributed by atoms with Crippen molar-refractivity contribution < 1.29 is 0 Å². The third-order valence-electron chi connectivity index (χ3n) is 2.83. The summed E-state index contributed by atoms with van der Waals surface area (Å²) in [6.45, 7) is 1.29. The van der Waals surface area contributed by atoms with Gasteiger partial charge in [0.25, 0.3) is 0 Å². The van der Waals surface area contributed by atoms with E-state index in [4.69, 9.17) is 17.3 Å². The normalized spacial score (nSPS) is 10.5. The molecular formula is C14H17ClN4. The van der Waals surface area contributed by atoms with Gasteiger partial charge in [0.05, 0.1) is 0 Å². The van der Waals surface area contributed by atoms with Crippen LogP contribution in [0.2, 0.25) is 5.02 Å². The highest BCUT2D eigenvalue weighted by atomic mass is 35.5. The van der Waals surface area contributed by atoms with E-state index in [1.165, 1.54) is 0 Å². The molecule has 0 aliphatic heterocycles. The topological polar surface area (TPSA) is 55.0 Å². The summed E-state index contributed by atoms with van der Waals surface area (Å²) in [6, 6.07) is 7.78. The minimum absolute atomic E-state index is 0.609. The summed E-state index contributed by atoms with van der Waals surface area (Å²) in [4.78, 5) is 10.6. The summed E-state index contributed by atoms with van der Waals surface area (Å²) in [7, 11) is 1.95. The first-order valence-electron chi connectivity index (χ1n) is 6.16. The SMILES string of the molecule is CN(Cc1ccccc1Cl)c1ncc(CCN)cn1. The standard InChI is InChI=1S/C14H17ClN4/c1-19(10-12-4-2-3-5-13(12)15)14-17-8-11(6-7-16)9-18-14/h2-5,8-9H,6-7,10,16H2,1H3. The van der Waals surface area contributed by atoms with Gasteiger partial charge in [0.15, 0.2) is 0 Å². The van der Waals surface area contributed by atoms with E-state index >= 15 is 0 Å². The molecule has 1 aromatic heterocycles. The van der Waals surface area contributed by atoms with E-state index in [-0.39, 0.29) is 0 Å². The molecule has 1 heterocycles. The Kier molecular flexibility index (Phi) is 4.71. The first-order chi connectivity index (χ1) is 9.20. The second kappa shape index (κ2) is 6.50. The van der Waals surface area contributed by atoms with Crippen molar-refractivity contribution >= 4 is 17.5 Å². The van der Waals surface area contributed by atoms with Crippen LogP contribution in [0.25, 0.3) is 0 Å². The second-order valence-electron chi connectivity index (χ2n) is 4.38. The number of halogens is 1. The summed E-state index contributed by atoms with van der Waals surface area (Å²) in [5.41, 5.74) is 7.61. The number of hydrogen-bond donors (Lipinski definition) is 1. The lowest BCUT2D eigenvalue weighted by Gasteiger charge is -2.17. The maximum atomic E-state index is 6.14. The van der Waals surface area contributed by atoms with Crippen LogP contribution in [0.4, 0.5) is 5.95 Å². The Morgan fingerprint density at radius 1 is 1.21 bits per heavy atom. The molecule has 0 unspecified atom stereocenters. The Morgan fingerprint density at radius 2 is 1.89 bits per heavy atom. The highest BCUT2D eigenvalue weighted by molar-refractivity contribution is 6.31. The third kappa shape index (κ3) is 3.66. The van der Waals surface area contributed by atoms with Crippen LogP contribution in [0.5, 0.6) is 0 Å². The van der Waals surface area contributed by atoms with Gasteiger partial charge in [0, 0.05) is 31.0 Å². The number of anilines is 1. The summed E-state index contributed by atoms with van der Waals surface area (Å²) in [5, 5.41) is 0.758. The van der Waals surface area contributed by atoms with Gasteiger partial charge in [-0.1, -0.05) is 29.8 Å². The zero-order valence-corrected chi connectivity index (χ0v) is 11.6. The molecule has 0 amide bonds. The Hall–Kier alpha value is -1.65. The Labute approximate surface area is 118 Å². The highest BCUT2D eigenvalue weighted by Gasteiger charge is 2.07. The maximum Gasteiger partial charge on any atom is 0.225 e. The van der Waals surface area contributed by atoms with Gasteiger partial charge in [-0.05, 0) is 30.2 Å². The zero-order valence-electron chi connectivity index (χ0n) is 10.9. The minimum atomic E-state index is 0.609. The number of benzene rings is 1. The lowest BCUT2D eigenvalue weighted by Crippen LogP contribution is -2.19. The fourth-order valence-electron chi connectivity index (χ4n) is 1.79. The molecule has 2 rings (SSSR count). The quantitative estimate of drug-likeness (QED) is 0.910. The molecule has 4 nitrogen and oxygen atoms in total. The van der Waals surface area contributed by atoms with E-state index < -0.39 is 0 Å². The van der Waals surface area contributed by atoms with Crippen LogP contribution in [-0.2, 0) is 13.0 Å². The Morgan fingerprint density at radius 3 is 2.53 bits per heavy atom. The van der Waals surface area contributed by atoms with Gasteiger partial charge < -0.3 is 10.6 Å². The molecule has 2 aromatic rings. The zero-order chi connectivity index (χ0) is 13.7. The molecule has 1 aromatic carbocycles. The van der Waals surface area contributed by atoms with E-state index in [0.29, 0.717) is 19.0 Å². The monoisotopic (exact) mass is 276 g/mol. The summed E-state index contributed by atoms with van der Waals surface area (Å²) < 4.78 is 0. The van der Waals surface area contributed by atoms with Crippen LogP contribution in [0.15, 0.2) is 36.7 Å². The average molecular weight is 277 g/mol. The number of rotatable bonds is 5. The molecule has 0 atom stereocenters. The van der Waals surface area contributed by atoms with Crippen LogP contribution < -0.4 is 10.6 Å². The van der Waals surface area contributed by atoms with Crippen molar-refractivity contribution in [3.63, 3.8) is 0 Å². The molecule has 0 spiro atoms. The highest BCUT2D eigenvalue weighted by Crippen LogP contribution is 2.18. The smallest absolute Gasteiger partial charge is 0.225 e. The van der Waals surface area contributed by atoms with Gasteiger partial charge >= 0.3 is 0 Å². The van der Waals surface area contributed by atoms with Crippen molar-refractivity contribution in [1.29, 1.82) is 0 Å². The van der Waals surface area contributed by atoms with Crippen molar-refractivity contribution in [1.82, 2.24) is 9.97 Å². The molecular weight excluding hydrogens is 260 g/mol. The van der Waals surface area contributed by atoms with Crippen molar-refractivity contribution in [2.24, 2.45) is 5.73 Å². The van der Waals surface area contributed by atoms with Crippen LogP contribution >= 0.6 is 11.6 Å². The van der Waals surface area contributed by atoms with Gasteiger partial charge in [0.2, 0.25) is 5.95 Å². The molecule has 0 saturated heterocycles. The van der Waals surface area contributed by atoms with Gasteiger partial charge in [-0.15, -0.1) is 0 Å². The van der Waals surface area contributed by atoms with Crippen molar-refractivity contribution in [2.75, 3.05) is 18.5 Å². The fraction of sp³-hybridized carbons (Fsp3) is 0.286. The van der Waals surface area contributed by atoms with E-state index in [1.54, 1.807) is 0 Å². The molecule has 0 fully saturated rings. The Balaban J connectivity index is 2.07. The molecule has 2 N–H and O–H groups in total. The van der Waals surface area contributed by atoms with Gasteiger partial charge in [-0.2, -0.15) is 0 Å². The summed E-state index contributed by atoms with van der Waals surface area (Å²) in [6.07, 6.45) is 4.44. The number of nitrogens with two attached hydrogens (primary N) is 1. The average Bonchev–Trinajstić information content (AvgIpc) is 2.42. The van der Waals surface area contributed by atoms with Crippen LogP contribution in [0.3, 0.4) is 0 Å². The molecule has 100 valence electrons. The molecule has 0 saturated carbocycles. The second-order valence-corrected chi connectivity index (χ2v) is 4.78. The summed E-state index contributed by atoms with van der Waals surface area (Å²) in [5.74, 6) is 0.681. The van der Waals surface area contributed by atoms with Crippen LogP contribution in [-0.4, -0.2) is 23.6 Å². The fourth-order valence-corrected chi connectivity index (χ4v) is 1.99. The van der Waals surface area contributed by atoms with E-state index in [9.17, 15) is 0 Å². The van der Waals surface area contributed by atoms with Crippen molar-refractivity contribution in [2.45, 2.75) is 13.0 Å². The first-order valence-corrected chi connectivity index (χ1v) is 6.54. The predicted molar refractivity (Wildman–Crippen MR) is 78.3 cm³/mol. The van der Waals surface area contributed by atoms with Crippen LogP contribution in [0.1, 0.15) is 11.1 Å². The molecule has 0 radical (unpaired) electrons. The summed E-state index contributed by atoms with van der Waals surface area (Å²) >= 11 is 6.14. The first kappa shape index (κ1) is 13.8. The van der Waals surface area contributed by atoms with Crippen LogP contribution in [0, 0.1) is 0 Å². The number of hydrogen-bond acceptors (Lipinski definition) is 4. The molecule has 0 aliphatic carbocycles. The maximum absolute atomic E-state index is 6.14. The minimum Gasteiger partial charge on any atom is -0.340 e. The third-order valence-corrected chi connectivity index (χ3v) is 3.20. The van der Waals surface area contributed by atoms with Gasteiger partial charge in [-0.25, -0.2) is 9.97 Å². The van der Waals surface area contributed by atoms with Crippen molar-refractivity contribution in [3.05, 3.63) is 52.8 Å².